The number of aldehydes is 1. The minimum absolute atomic E-state index is 0.0169. The predicted octanol–water partition coefficient (Wildman–Crippen LogP) is 3.27. The van der Waals surface area contributed by atoms with Crippen LogP contribution in [0.1, 0.15) is 20.7 Å². The standard InChI is InChI=1S/C13H8Cl2FN3O3/c1-22-12(21)7-4-6(16)2-3-9(7)17-11-8(5-20)10(14)18-13(15)19-11/h2-5H,1H3,(H,17,18,19). The topological polar surface area (TPSA) is 81.2 Å². The second-order valence-corrected chi connectivity index (χ2v) is 4.67. The number of hydrogen-bond donors (Lipinski definition) is 1. The predicted molar refractivity (Wildman–Crippen MR) is 78.5 cm³/mol. The molecule has 6 nitrogen and oxygen atoms in total. The number of methoxy groups -OCH3 is 1. The molecule has 0 saturated carbocycles. The Hall–Kier alpha value is -2.25. The summed E-state index contributed by atoms with van der Waals surface area (Å²) >= 11 is 11.5. The van der Waals surface area contributed by atoms with Crippen LogP contribution in [-0.4, -0.2) is 29.3 Å². The van der Waals surface area contributed by atoms with Crippen LogP contribution >= 0.6 is 23.2 Å². The van der Waals surface area contributed by atoms with E-state index in [4.69, 9.17) is 23.2 Å². The van der Waals surface area contributed by atoms with Crippen LogP contribution in [0.15, 0.2) is 18.2 Å². The van der Waals surface area contributed by atoms with Gasteiger partial charge in [0.1, 0.15) is 16.8 Å². The third-order valence-electron chi connectivity index (χ3n) is 2.63. The van der Waals surface area contributed by atoms with Crippen LogP contribution in [0.4, 0.5) is 15.9 Å². The van der Waals surface area contributed by atoms with Crippen molar-refractivity contribution < 1.29 is 18.7 Å². The van der Waals surface area contributed by atoms with Crippen molar-refractivity contribution in [2.45, 2.75) is 0 Å². The summed E-state index contributed by atoms with van der Waals surface area (Å²) in [6, 6.07) is 3.40. The van der Waals surface area contributed by atoms with Gasteiger partial charge in [0, 0.05) is 0 Å². The average molecular weight is 344 g/mol. The smallest absolute Gasteiger partial charge is 0.340 e. The zero-order chi connectivity index (χ0) is 16.3. The van der Waals surface area contributed by atoms with Gasteiger partial charge in [-0.2, -0.15) is 4.98 Å². The molecule has 1 aromatic carbocycles. The molecule has 2 rings (SSSR count). The summed E-state index contributed by atoms with van der Waals surface area (Å²) < 4.78 is 17.9. The summed E-state index contributed by atoms with van der Waals surface area (Å²) in [5, 5.41) is 2.35. The van der Waals surface area contributed by atoms with Gasteiger partial charge in [-0.3, -0.25) is 4.79 Å². The first kappa shape index (κ1) is 16.1. The van der Waals surface area contributed by atoms with Crippen LogP contribution in [0.3, 0.4) is 0 Å². The van der Waals surface area contributed by atoms with E-state index in [-0.39, 0.29) is 33.1 Å². The highest BCUT2D eigenvalue weighted by atomic mass is 35.5. The molecule has 22 heavy (non-hydrogen) atoms. The molecule has 0 aliphatic rings. The molecular formula is C13H8Cl2FN3O3. The second-order valence-electron chi connectivity index (χ2n) is 3.97. The Balaban J connectivity index is 2.52. The van der Waals surface area contributed by atoms with Crippen molar-refractivity contribution in [3.63, 3.8) is 0 Å². The lowest BCUT2D eigenvalue weighted by atomic mass is 10.1. The Kier molecular flexibility index (Phi) is 4.89. The van der Waals surface area contributed by atoms with Crippen molar-refractivity contribution in [2.75, 3.05) is 12.4 Å². The minimum Gasteiger partial charge on any atom is -0.465 e. The fourth-order valence-corrected chi connectivity index (χ4v) is 2.07. The number of rotatable bonds is 4. The average Bonchev–Trinajstić information content (AvgIpc) is 2.48. The SMILES string of the molecule is COC(=O)c1cc(F)ccc1Nc1nc(Cl)nc(Cl)c1C=O. The Bertz CT molecular complexity index is 756. The zero-order valence-corrected chi connectivity index (χ0v) is 12.6. The molecule has 0 radical (unpaired) electrons. The fourth-order valence-electron chi connectivity index (χ4n) is 1.65. The molecule has 9 heteroatoms. The van der Waals surface area contributed by atoms with Gasteiger partial charge in [0.05, 0.1) is 23.9 Å². The van der Waals surface area contributed by atoms with Gasteiger partial charge in [0.15, 0.2) is 6.29 Å². The molecule has 2 aromatic rings. The summed E-state index contributed by atoms with van der Waals surface area (Å²) in [5.74, 6) is -1.40. The maximum atomic E-state index is 13.3. The van der Waals surface area contributed by atoms with E-state index in [1.807, 2.05) is 0 Å². The van der Waals surface area contributed by atoms with Crippen molar-refractivity contribution in [2.24, 2.45) is 0 Å². The number of aromatic nitrogens is 2. The molecule has 1 N–H and O–H groups in total. The van der Waals surface area contributed by atoms with E-state index >= 15 is 0 Å². The van der Waals surface area contributed by atoms with Gasteiger partial charge in [-0.1, -0.05) is 11.6 Å². The molecule has 0 aliphatic heterocycles. The maximum Gasteiger partial charge on any atom is 0.340 e. The first-order valence-corrected chi connectivity index (χ1v) is 6.55. The number of carbonyl (C=O) groups excluding carboxylic acids is 2. The lowest BCUT2D eigenvalue weighted by Crippen LogP contribution is -2.08. The Morgan fingerprint density at radius 2 is 2.09 bits per heavy atom. The van der Waals surface area contributed by atoms with Crippen LogP contribution in [0.25, 0.3) is 0 Å². The largest absolute Gasteiger partial charge is 0.465 e. The Morgan fingerprint density at radius 3 is 2.73 bits per heavy atom. The molecule has 0 amide bonds. The molecule has 114 valence electrons. The first-order chi connectivity index (χ1) is 10.5. The van der Waals surface area contributed by atoms with E-state index in [9.17, 15) is 14.0 Å². The number of nitrogens with one attached hydrogen (secondary N) is 1. The third-order valence-corrected chi connectivity index (χ3v) is 3.09. The maximum absolute atomic E-state index is 13.3. The molecule has 1 aromatic heterocycles. The van der Waals surface area contributed by atoms with Crippen molar-refractivity contribution in [1.29, 1.82) is 0 Å². The van der Waals surface area contributed by atoms with Crippen molar-refractivity contribution in [1.82, 2.24) is 9.97 Å². The van der Waals surface area contributed by atoms with Crippen LogP contribution in [0.5, 0.6) is 0 Å². The number of benzene rings is 1. The second kappa shape index (κ2) is 6.67. The van der Waals surface area contributed by atoms with Crippen LogP contribution in [0.2, 0.25) is 10.4 Å². The van der Waals surface area contributed by atoms with E-state index in [0.717, 1.165) is 19.2 Å². The highest BCUT2D eigenvalue weighted by molar-refractivity contribution is 6.34. The molecular weight excluding hydrogens is 336 g/mol. The lowest BCUT2D eigenvalue weighted by molar-refractivity contribution is 0.0601. The highest BCUT2D eigenvalue weighted by Gasteiger charge is 2.17. The Morgan fingerprint density at radius 1 is 1.36 bits per heavy atom. The minimum atomic E-state index is -0.763. The van der Waals surface area contributed by atoms with Crippen molar-refractivity contribution >= 4 is 47.0 Å². The number of anilines is 2. The van der Waals surface area contributed by atoms with Gasteiger partial charge in [-0.25, -0.2) is 14.2 Å². The normalized spacial score (nSPS) is 10.2. The van der Waals surface area contributed by atoms with Gasteiger partial charge in [0.25, 0.3) is 0 Å². The van der Waals surface area contributed by atoms with Gasteiger partial charge >= 0.3 is 5.97 Å². The Labute approximate surface area is 134 Å². The first-order valence-electron chi connectivity index (χ1n) is 5.79. The number of hydrogen-bond acceptors (Lipinski definition) is 6. The lowest BCUT2D eigenvalue weighted by Gasteiger charge is -2.12. The highest BCUT2D eigenvalue weighted by Crippen LogP contribution is 2.27. The van der Waals surface area contributed by atoms with Crippen molar-refractivity contribution in [3.8, 4) is 0 Å². The van der Waals surface area contributed by atoms with E-state index in [1.54, 1.807) is 0 Å². The molecule has 0 spiro atoms. The van der Waals surface area contributed by atoms with Crippen LogP contribution in [0, 0.1) is 5.82 Å². The summed E-state index contributed by atoms with van der Waals surface area (Å²) in [6.07, 6.45) is 0.433. The molecule has 0 unspecified atom stereocenters. The molecule has 0 bridgehead atoms. The number of nitrogens with zero attached hydrogens (tertiary/aromatic N) is 2. The van der Waals surface area contributed by atoms with E-state index in [1.165, 1.54) is 6.07 Å². The molecule has 0 aliphatic carbocycles. The van der Waals surface area contributed by atoms with Gasteiger partial charge in [-0.15, -0.1) is 0 Å². The quantitative estimate of drug-likeness (QED) is 0.397. The molecule has 1 heterocycles. The van der Waals surface area contributed by atoms with Gasteiger partial charge in [-0.05, 0) is 29.8 Å². The number of carbonyl (C=O) groups is 2. The monoisotopic (exact) mass is 343 g/mol. The van der Waals surface area contributed by atoms with E-state index in [2.05, 4.69) is 20.0 Å². The molecule has 0 saturated heterocycles. The van der Waals surface area contributed by atoms with Crippen molar-refractivity contribution in [3.05, 3.63) is 45.6 Å². The van der Waals surface area contributed by atoms with Crippen LogP contribution in [-0.2, 0) is 4.74 Å². The number of halogens is 3. The fraction of sp³-hybridized carbons (Fsp3) is 0.0769. The van der Waals surface area contributed by atoms with E-state index < -0.39 is 11.8 Å². The number of ether oxygens (including phenoxy) is 1. The van der Waals surface area contributed by atoms with Gasteiger partial charge in [0.2, 0.25) is 5.28 Å². The summed E-state index contributed by atoms with van der Waals surface area (Å²) in [5.41, 5.74) is 0.0404. The number of esters is 1. The van der Waals surface area contributed by atoms with Gasteiger partial charge < -0.3 is 10.1 Å². The summed E-state index contributed by atoms with van der Waals surface area (Å²) in [7, 11) is 1.16. The summed E-state index contributed by atoms with van der Waals surface area (Å²) in [6.45, 7) is 0. The third kappa shape index (κ3) is 3.32. The van der Waals surface area contributed by atoms with E-state index in [0.29, 0.717) is 6.29 Å². The molecule has 0 atom stereocenters. The zero-order valence-electron chi connectivity index (χ0n) is 11.1. The summed E-state index contributed by atoms with van der Waals surface area (Å²) in [4.78, 5) is 30.2. The van der Waals surface area contributed by atoms with Crippen LogP contribution < -0.4 is 5.32 Å². The molecule has 0 fully saturated rings.